The van der Waals surface area contributed by atoms with E-state index >= 15 is 0 Å². The number of aryl methyl sites for hydroxylation is 1. The number of carbonyl (C=O) groups excluding carboxylic acids is 2. The van der Waals surface area contributed by atoms with Gasteiger partial charge in [-0.1, -0.05) is 0 Å². The van der Waals surface area contributed by atoms with Crippen molar-refractivity contribution in [1.29, 1.82) is 0 Å². The number of aromatic nitrogens is 1. The molecule has 1 heterocycles. The molecule has 5 nitrogen and oxygen atoms in total. The largest absolute Gasteiger partial charge is 0.368 e. The van der Waals surface area contributed by atoms with Crippen LogP contribution in [-0.4, -0.2) is 22.8 Å². The molecule has 0 saturated heterocycles. The topological polar surface area (TPSA) is 88.0 Å². The van der Waals surface area contributed by atoms with Crippen LogP contribution in [0.4, 0.5) is 8.78 Å². The molecule has 156 valence electrons. The zero-order valence-corrected chi connectivity index (χ0v) is 16.8. The van der Waals surface area contributed by atoms with E-state index in [0.29, 0.717) is 12.8 Å². The van der Waals surface area contributed by atoms with Gasteiger partial charge in [0.15, 0.2) is 0 Å². The minimum absolute atomic E-state index is 0.0413. The molecule has 4 N–H and O–H groups in total. The van der Waals surface area contributed by atoms with E-state index < -0.39 is 11.9 Å². The summed E-state index contributed by atoms with van der Waals surface area (Å²) in [6, 6.07) is 8.40. The summed E-state index contributed by atoms with van der Waals surface area (Å²) < 4.78 is 27.6. The van der Waals surface area contributed by atoms with Gasteiger partial charge in [0.25, 0.3) is 0 Å². The van der Waals surface area contributed by atoms with Crippen LogP contribution in [0.2, 0.25) is 0 Å². The zero-order chi connectivity index (χ0) is 21.6. The van der Waals surface area contributed by atoms with Crippen molar-refractivity contribution in [2.75, 3.05) is 0 Å². The molecule has 1 atom stereocenters. The van der Waals surface area contributed by atoms with E-state index in [2.05, 4.69) is 10.3 Å². The normalized spacial score (nSPS) is 19.3. The summed E-state index contributed by atoms with van der Waals surface area (Å²) in [5, 5.41) is 3.41. The monoisotopic (exact) mass is 411 g/mol. The van der Waals surface area contributed by atoms with Crippen molar-refractivity contribution in [2.45, 2.75) is 38.6 Å². The average Bonchev–Trinajstić information content (AvgIpc) is 3.00. The maximum Gasteiger partial charge on any atom is 0.239 e. The lowest BCUT2D eigenvalue weighted by atomic mass is 9.69. The Morgan fingerprint density at radius 1 is 1.13 bits per heavy atom. The first-order valence-corrected chi connectivity index (χ1v) is 9.92. The molecule has 4 rings (SSSR count). The van der Waals surface area contributed by atoms with E-state index in [1.807, 2.05) is 6.92 Å². The number of rotatable bonds is 5. The van der Waals surface area contributed by atoms with Crippen LogP contribution < -0.4 is 11.1 Å². The highest BCUT2D eigenvalue weighted by molar-refractivity contribution is 5.94. The third-order valence-electron chi connectivity index (χ3n) is 5.95. The van der Waals surface area contributed by atoms with Gasteiger partial charge in [-0.05, 0) is 85.7 Å². The second kappa shape index (κ2) is 7.55. The van der Waals surface area contributed by atoms with E-state index in [4.69, 9.17) is 5.73 Å². The number of fused-ring (bicyclic) bond motifs is 1. The highest BCUT2D eigenvalue weighted by Crippen LogP contribution is 2.48. The quantitative estimate of drug-likeness (QED) is 0.594. The maximum atomic E-state index is 14.2. The fraction of sp³-hybridized carbons (Fsp3) is 0.304. The van der Waals surface area contributed by atoms with E-state index in [9.17, 15) is 18.4 Å². The van der Waals surface area contributed by atoms with Gasteiger partial charge >= 0.3 is 0 Å². The van der Waals surface area contributed by atoms with Gasteiger partial charge in [0.05, 0.1) is 0 Å². The lowest BCUT2D eigenvalue weighted by Crippen LogP contribution is -2.47. The van der Waals surface area contributed by atoms with Crippen molar-refractivity contribution in [3.63, 3.8) is 0 Å². The standard InChI is InChI=1S/C23H23F2N3O2/c1-11-7-17(25)10-18-19(14-8-15(9-14)23(30)27-12(2)22(26)29)21(28-20(11)18)13-3-5-16(24)6-4-13/h3-7,10,12,14-15,28H,8-9H2,1-2H3,(H2,26,29)(H,27,30). The molecule has 2 amide bonds. The summed E-state index contributed by atoms with van der Waals surface area (Å²) in [6.07, 6.45) is 1.15. The number of halogens is 2. The number of aromatic amines is 1. The average molecular weight is 411 g/mol. The minimum Gasteiger partial charge on any atom is -0.368 e. The first-order chi connectivity index (χ1) is 14.2. The molecule has 0 aliphatic heterocycles. The molecule has 0 radical (unpaired) electrons. The Morgan fingerprint density at radius 2 is 1.80 bits per heavy atom. The van der Waals surface area contributed by atoms with Crippen molar-refractivity contribution in [2.24, 2.45) is 11.7 Å². The van der Waals surface area contributed by atoms with E-state index in [1.54, 1.807) is 19.1 Å². The Bertz CT molecular complexity index is 1130. The van der Waals surface area contributed by atoms with Gasteiger partial charge in [-0.2, -0.15) is 0 Å². The molecule has 0 bridgehead atoms. The lowest BCUT2D eigenvalue weighted by Gasteiger charge is -2.35. The molecule has 0 spiro atoms. The molecule has 1 fully saturated rings. The molecular formula is C23H23F2N3O2. The summed E-state index contributed by atoms with van der Waals surface area (Å²) in [5.74, 6) is -1.64. The second-order valence-corrected chi connectivity index (χ2v) is 8.06. The fourth-order valence-corrected chi connectivity index (χ4v) is 4.19. The summed E-state index contributed by atoms with van der Waals surface area (Å²) in [6.45, 7) is 3.39. The Balaban J connectivity index is 1.68. The van der Waals surface area contributed by atoms with Crippen LogP contribution in [0.3, 0.4) is 0 Å². The van der Waals surface area contributed by atoms with Crippen molar-refractivity contribution in [3.05, 3.63) is 59.2 Å². The van der Waals surface area contributed by atoms with Crippen LogP contribution in [0.25, 0.3) is 22.2 Å². The SMILES string of the molecule is Cc1cc(F)cc2c(C3CC(C(=O)NC(C)C(N)=O)C3)c(-c3ccc(F)cc3)[nH]c12. The molecule has 1 saturated carbocycles. The second-order valence-electron chi connectivity index (χ2n) is 8.06. The number of amides is 2. The van der Waals surface area contributed by atoms with Crippen LogP contribution >= 0.6 is 0 Å². The van der Waals surface area contributed by atoms with Crippen LogP contribution in [0.1, 0.15) is 36.8 Å². The van der Waals surface area contributed by atoms with Gasteiger partial charge < -0.3 is 16.0 Å². The number of nitrogens with one attached hydrogen (secondary N) is 2. The van der Waals surface area contributed by atoms with Crippen molar-refractivity contribution < 1.29 is 18.4 Å². The Kier molecular flexibility index (Phi) is 5.05. The highest BCUT2D eigenvalue weighted by atomic mass is 19.1. The highest BCUT2D eigenvalue weighted by Gasteiger charge is 2.38. The summed E-state index contributed by atoms with van der Waals surface area (Å²) in [7, 11) is 0. The number of nitrogens with two attached hydrogens (primary N) is 1. The third-order valence-corrected chi connectivity index (χ3v) is 5.95. The first kappa shape index (κ1) is 20.1. The molecule has 7 heteroatoms. The van der Waals surface area contributed by atoms with Gasteiger partial charge in [-0.15, -0.1) is 0 Å². The summed E-state index contributed by atoms with van der Waals surface area (Å²) in [4.78, 5) is 27.0. The molecule has 3 aromatic rings. The lowest BCUT2D eigenvalue weighted by molar-refractivity contribution is -0.131. The van der Waals surface area contributed by atoms with Crippen LogP contribution in [0.5, 0.6) is 0 Å². The van der Waals surface area contributed by atoms with Crippen LogP contribution in [0.15, 0.2) is 36.4 Å². The fourth-order valence-electron chi connectivity index (χ4n) is 4.19. The zero-order valence-electron chi connectivity index (χ0n) is 16.8. The summed E-state index contributed by atoms with van der Waals surface area (Å²) in [5.41, 5.74) is 9.38. The molecule has 1 aliphatic carbocycles. The van der Waals surface area contributed by atoms with Crippen molar-refractivity contribution >= 4 is 22.7 Å². The molecule has 1 aliphatic rings. The molecule has 1 aromatic heterocycles. The Labute approximate surface area is 172 Å². The van der Waals surface area contributed by atoms with E-state index in [0.717, 1.165) is 33.3 Å². The number of benzene rings is 2. The third kappa shape index (κ3) is 3.56. The smallest absolute Gasteiger partial charge is 0.239 e. The van der Waals surface area contributed by atoms with Crippen LogP contribution in [0, 0.1) is 24.5 Å². The molecule has 30 heavy (non-hydrogen) atoms. The van der Waals surface area contributed by atoms with Gasteiger partial charge in [0.1, 0.15) is 17.7 Å². The molecular weight excluding hydrogens is 388 g/mol. The van der Waals surface area contributed by atoms with Crippen LogP contribution in [-0.2, 0) is 9.59 Å². The van der Waals surface area contributed by atoms with E-state index in [1.165, 1.54) is 24.3 Å². The minimum atomic E-state index is -0.726. The predicted octanol–water partition coefficient (Wildman–Crippen LogP) is 3.91. The first-order valence-electron chi connectivity index (χ1n) is 9.92. The Morgan fingerprint density at radius 3 is 2.43 bits per heavy atom. The van der Waals surface area contributed by atoms with Gasteiger partial charge in [0, 0.05) is 22.5 Å². The molecule has 1 unspecified atom stereocenters. The van der Waals surface area contributed by atoms with Gasteiger partial charge in [0.2, 0.25) is 11.8 Å². The Hall–Kier alpha value is -3.22. The summed E-state index contributed by atoms with van der Waals surface area (Å²) >= 11 is 0. The van der Waals surface area contributed by atoms with Crippen molar-refractivity contribution in [1.82, 2.24) is 10.3 Å². The van der Waals surface area contributed by atoms with Gasteiger partial charge in [-0.25, -0.2) is 8.78 Å². The van der Waals surface area contributed by atoms with Crippen molar-refractivity contribution in [3.8, 4) is 11.3 Å². The molecule has 2 aromatic carbocycles. The predicted molar refractivity (Wildman–Crippen MR) is 111 cm³/mol. The maximum absolute atomic E-state index is 14.2. The number of H-pyrrole nitrogens is 1. The number of primary amides is 1. The number of hydrogen-bond acceptors (Lipinski definition) is 2. The number of carbonyl (C=O) groups is 2. The number of hydrogen-bond donors (Lipinski definition) is 3. The van der Waals surface area contributed by atoms with Gasteiger partial charge in [-0.3, -0.25) is 9.59 Å². The van der Waals surface area contributed by atoms with E-state index in [-0.39, 0.29) is 29.4 Å².